The molecule has 0 aromatic heterocycles. The Bertz CT molecular complexity index is 141. The van der Waals surface area contributed by atoms with E-state index in [0.717, 1.165) is 0 Å². The lowest BCUT2D eigenvalue weighted by Crippen LogP contribution is -1.86. The van der Waals surface area contributed by atoms with Gasteiger partial charge in [0.15, 0.2) is 9.03 Å². The monoisotopic (exact) mass is 171 g/mol. The predicted molar refractivity (Wildman–Crippen MR) is 43.9 cm³/mol. The zero-order valence-corrected chi connectivity index (χ0v) is 7.17. The van der Waals surface area contributed by atoms with Crippen LogP contribution in [0.3, 0.4) is 0 Å². The first-order valence-electron chi connectivity index (χ1n) is 3.20. The number of hydrogen-bond acceptors (Lipinski definition) is 3. The molecule has 0 aliphatic heterocycles. The van der Waals surface area contributed by atoms with Crippen LogP contribution in [0, 0.1) is 23.7 Å². The molecule has 0 saturated carbocycles. The molecule has 60 valence electrons. The van der Waals surface area contributed by atoms with Crippen molar-refractivity contribution in [2.75, 3.05) is 13.2 Å². The SMILES string of the molecule is C#CCCOPOCCC#N. The second-order valence-electron chi connectivity index (χ2n) is 1.64. The first-order valence-corrected chi connectivity index (χ1v) is 4.02. The van der Waals surface area contributed by atoms with E-state index in [0.29, 0.717) is 26.1 Å². The summed E-state index contributed by atoms with van der Waals surface area (Å²) in [4.78, 5) is 0. The van der Waals surface area contributed by atoms with Gasteiger partial charge in [0.05, 0.1) is 25.7 Å². The van der Waals surface area contributed by atoms with Gasteiger partial charge >= 0.3 is 0 Å². The quantitative estimate of drug-likeness (QED) is 0.345. The molecule has 0 aromatic rings. The van der Waals surface area contributed by atoms with Crippen molar-refractivity contribution in [1.82, 2.24) is 0 Å². The molecule has 0 aliphatic rings. The van der Waals surface area contributed by atoms with Crippen molar-refractivity contribution in [3.63, 3.8) is 0 Å². The van der Waals surface area contributed by atoms with Gasteiger partial charge in [0.25, 0.3) is 0 Å². The number of nitrogens with zero attached hydrogens (tertiary/aromatic N) is 1. The van der Waals surface area contributed by atoms with E-state index in [-0.39, 0.29) is 9.03 Å². The highest BCUT2D eigenvalue weighted by molar-refractivity contribution is 7.26. The molecule has 0 radical (unpaired) electrons. The van der Waals surface area contributed by atoms with E-state index in [1.165, 1.54) is 0 Å². The van der Waals surface area contributed by atoms with E-state index in [9.17, 15) is 0 Å². The van der Waals surface area contributed by atoms with Crippen molar-refractivity contribution in [2.45, 2.75) is 12.8 Å². The minimum atomic E-state index is 0.00525. The Hall–Kier alpha value is -0.600. The van der Waals surface area contributed by atoms with Crippen molar-refractivity contribution < 1.29 is 9.05 Å². The molecule has 0 saturated heterocycles. The predicted octanol–water partition coefficient (Wildman–Crippen LogP) is 1.47. The van der Waals surface area contributed by atoms with E-state index in [1.807, 2.05) is 6.07 Å². The fourth-order valence-corrected chi connectivity index (χ4v) is 0.786. The van der Waals surface area contributed by atoms with Crippen molar-refractivity contribution in [3.8, 4) is 18.4 Å². The largest absolute Gasteiger partial charge is 0.335 e. The average Bonchev–Trinajstić information content (AvgIpc) is 2.03. The summed E-state index contributed by atoms with van der Waals surface area (Å²) >= 11 is 0. The van der Waals surface area contributed by atoms with Gasteiger partial charge in [-0.15, -0.1) is 12.3 Å². The lowest BCUT2D eigenvalue weighted by Gasteiger charge is -1.99. The Balaban J connectivity index is 2.82. The molecule has 0 N–H and O–H groups in total. The normalized spacial score (nSPS) is 9.64. The summed E-state index contributed by atoms with van der Waals surface area (Å²) in [5, 5.41) is 8.11. The highest BCUT2D eigenvalue weighted by Gasteiger charge is 1.87. The summed E-state index contributed by atoms with van der Waals surface area (Å²) in [6.45, 7) is 0.965. The molecule has 4 heteroatoms. The first-order chi connectivity index (χ1) is 5.41. The van der Waals surface area contributed by atoms with E-state index >= 15 is 0 Å². The molecule has 11 heavy (non-hydrogen) atoms. The molecule has 1 unspecified atom stereocenters. The van der Waals surface area contributed by atoms with Crippen molar-refractivity contribution in [3.05, 3.63) is 0 Å². The van der Waals surface area contributed by atoms with E-state index in [2.05, 4.69) is 5.92 Å². The average molecular weight is 171 g/mol. The number of hydrogen-bond donors (Lipinski definition) is 0. The minimum absolute atomic E-state index is 0.00525. The highest BCUT2D eigenvalue weighted by atomic mass is 31.1. The third kappa shape index (κ3) is 9.40. The molecular weight excluding hydrogens is 161 g/mol. The second kappa shape index (κ2) is 9.40. The molecule has 0 heterocycles. The molecule has 1 atom stereocenters. The van der Waals surface area contributed by atoms with Gasteiger partial charge in [-0.25, -0.2) is 0 Å². The van der Waals surface area contributed by atoms with Gasteiger partial charge in [0.2, 0.25) is 0 Å². The molecule has 0 aromatic carbocycles. The van der Waals surface area contributed by atoms with Crippen molar-refractivity contribution >= 4 is 9.03 Å². The topological polar surface area (TPSA) is 42.2 Å². The molecule has 0 spiro atoms. The highest BCUT2D eigenvalue weighted by Crippen LogP contribution is 2.13. The van der Waals surface area contributed by atoms with E-state index in [1.54, 1.807) is 0 Å². The van der Waals surface area contributed by atoms with Crippen LogP contribution in [0.4, 0.5) is 0 Å². The maximum Gasteiger partial charge on any atom is 0.155 e. The Labute approximate surface area is 68.6 Å². The van der Waals surface area contributed by atoms with Crippen LogP contribution in [0.25, 0.3) is 0 Å². The molecule has 0 fully saturated rings. The number of terminal acetylenes is 1. The lowest BCUT2D eigenvalue weighted by molar-refractivity contribution is 0.275. The van der Waals surface area contributed by atoms with E-state index in [4.69, 9.17) is 20.7 Å². The van der Waals surface area contributed by atoms with Gasteiger partial charge in [-0.3, -0.25) is 0 Å². The van der Waals surface area contributed by atoms with Gasteiger partial charge in [0, 0.05) is 6.42 Å². The molecule has 0 rings (SSSR count). The summed E-state index contributed by atoms with van der Waals surface area (Å²) in [6, 6.07) is 1.96. The zero-order chi connectivity index (χ0) is 8.36. The number of rotatable bonds is 6. The van der Waals surface area contributed by atoms with Gasteiger partial charge in [-0.2, -0.15) is 5.26 Å². The minimum Gasteiger partial charge on any atom is -0.335 e. The Morgan fingerprint density at radius 3 is 2.45 bits per heavy atom. The zero-order valence-electron chi connectivity index (χ0n) is 6.17. The summed E-state index contributed by atoms with van der Waals surface area (Å²) in [7, 11) is 0.00525. The fourth-order valence-electron chi connectivity index (χ4n) is 0.332. The van der Waals surface area contributed by atoms with Gasteiger partial charge in [-0.05, 0) is 0 Å². The fraction of sp³-hybridized carbons (Fsp3) is 0.571. The van der Waals surface area contributed by atoms with Crippen LogP contribution in [0.5, 0.6) is 0 Å². The van der Waals surface area contributed by atoms with Crippen molar-refractivity contribution in [2.24, 2.45) is 0 Å². The summed E-state index contributed by atoms with van der Waals surface area (Å²) in [5.41, 5.74) is 0. The van der Waals surface area contributed by atoms with Crippen LogP contribution < -0.4 is 0 Å². The van der Waals surface area contributed by atoms with Crippen LogP contribution in [-0.2, 0) is 9.05 Å². The summed E-state index contributed by atoms with van der Waals surface area (Å²) < 4.78 is 9.91. The molecule has 0 bridgehead atoms. The van der Waals surface area contributed by atoms with Gasteiger partial charge in [0.1, 0.15) is 0 Å². The first kappa shape index (κ1) is 10.4. The molecule has 0 amide bonds. The lowest BCUT2D eigenvalue weighted by atomic mass is 10.5. The number of nitriles is 1. The Morgan fingerprint density at radius 2 is 1.91 bits per heavy atom. The van der Waals surface area contributed by atoms with Crippen LogP contribution in [-0.4, -0.2) is 13.2 Å². The maximum absolute atomic E-state index is 8.11. The van der Waals surface area contributed by atoms with Gasteiger partial charge in [-0.1, -0.05) is 0 Å². The maximum atomic E-state index is 8.11. The molecular formula is C7H10NO2P. The third-order valence-corrected chi connectivity index (χ3v) is 1.43. The Morgan fingerprint density at radius 1 is 1.27 bits per heavy atom. The summed E-state index contributed by atoms with van der Waals surface area (Å²) in [6.07, 6.45) is 5.99. The summed E-state index contributed by atoms with van der Waals surface area (Å²) in [5.74, 6) is 2.44. The van der Waals surface area contributed by atoms with Crippen LogP contribution in [0.15, 0.2) is 0 Å². The standard InChI is InChI=1S/C7H10NO2P/c1-2-3-6-9-11-10-7-4-5-8/h1,11H,3-4,6-7H2. The second-order valence-corrected chi connectivity index (χ2v) is 2.39. The molecule has 0 aliphatic carbocycles. The van der Waals surface area contributed by atoms with E-state index < -0.39 is 0 Å². The molecule has 3 nitrogen and oxygen atoms in total. The third-order valence-electron chi connectivity index (χ3n) is 0.782. The van der Waals surface area contributed by atoms with Gasteiger partial charge < -0.3 is 9.05 Å². The van der Waals surface area contributed by atoms with Crippen LogP contribution in [0.1, 0.15) is 12.8 Å². The smallest absolute Gasteiger partial charge is 0.155 e. The van der Waals surface area contributed by atoms with Crippen LogP contribution >= 0.6 is 9.03 Å². The van der Waals surface area contributed by atoms with Crippen molar-refractivity contribution in [1.29, 1.82) is 5.26 Å². The Kier molecular flexibility index (Phi) is 8.89. The van der Waals surface area contributed by atoms with Crippen LogP contribution in [0.2, 0.25) is 0 Å².